The van der Waals surface area contributed by atoms with Crippen molar-refractivity contribution in [1.29, 1.82) is 0 Å². The van der Waals surface area contributed by atoms with Crippen LogP contribution in [0.25, 0.3) is 0 Å². The molecule has 0 atom stereocenters. The largest absolute Gasteiger partial charge is 0.368 e. The molecular formula is C12H13ClN2O4S2. The molecule has 2 rings (SSSR count). The maximum absolute atomic E-state index is 12.5. The zero-order chi connectivity index (χ0) is 15.5. The SMILES string of the molecule is O=[N+]([O-])/C(Cl)=C1\SCCCN1S(=O)(=O)Cc1ccccc1. The van der Waals surface area contributed by atoms with E-state index in [9.17, 15) is 18.5 Å². The normalized spacial score (nSPS) is 18.4. The first-order valence-electron chi connectivity index (χ1n) is 6.13. The molecule has 114 valence electrons. The summed E-state index contributed by atoms with van der Waals surface area (Å²) in [6.07, 6.45) is 0.629. The molecule has 1 fully saturated rings. The zero-order valence-electron chi connectivity index (χ0n) is 10.9. The highest BCUT2D eigenvalue weighted by molar-refractivity contribution is 8.04. The molecule has 6 nitrogen and oxygen atoms in total. The molecule has 0 N–H and O–H groups in total. The summed E-state index contributed by atoms with van der Waals surface area (Å²) in [5.74, 6) is 0.399. The molecule has 0 amide bonds. The molecule has 1 heterocycles. The van der Waals surface area contributed by atoms with Gasteiger partial charge in [0, 0.05) is 12.3 Å². The Kier molecular flexibility index (Phi) is 5.13. The van der Waals surface area contributed by atoms with Gasteiger partial charge in [0.2, 0.25) is 10.0 Å². The molecule has 21 heavy (non-hydrogen) atoms. The Morgan fingerprint density at radius 2 is 2.05 bits per heavy atom. The van der Waals surface area contributed by atoms with Gasteiger partial charge in [0.15, 0.2) is 5.03 Å². The van der Waals surface area contributed by atoms with Crippen molar-refractivity contribution < 1.29 is 13.3 Å². The highest BCUT2D eigenvalue weighted by atomic mass is 35.5. The monoisotopic (exact) mass is 348 g/mol. The van der Waals surface area contributed by atoms with Gasteiger partial charge in [0.05, 0.1) is 10.7 Å². The minimum Gasteiger partial charge on any atom is -0.257 e. The Morgan fingerprint density at radius 3 is 2.67 bits per heavy atom. The fourth-order valence-electron chi connectivity index (χ4n) is 1.92. The Morgan fingerprint density at radius 1 is 1.38 bits per heavy atom. The second-order valence-electron chi connectivity index (χ2n) is 4.37. The molecule has 0 bridgehead atoms. The highest BCUT2D eigenvalue weighted by Crippen LogP contribution is 2.34. The van der Waals surface area contributed by atoms with Gasteiger partial charge in [-0.05, 0) is 23.6 Å². The number of nitro groups is 1. The standard InChI is InChI=1S/C12H13ClN2O4S2/c13-11(15(16)17)12-14(7-4-8-20-12)21(18,19)9-10-5-2-1-3-6-10/h1-3,5-6H,4,7-9H2/b12-11-. The average Bonchev–Trinajstić information content (AvgIpc) is 2.47. The van der Waals surface area contributed by atoms with Crippen LogP contribution in [0.3, 0.4) is 0 Å². The molecule has 1 aliphatic heterocycles. The van der Waals surface area contributed by atoms with Gasteiger partial charge < -0.3 is 0 Å². The van der Waals surface area contributed by atoms with E-state index < -0.39 is 20.1 Å². The quantitative estimate of drug-likeness (QED) is 0.474. The summed E-state index contributed by atoms with van der Waals surface area (Å²) in [4.78, 5) is 10.0. The first-order valence-corrected chi connectivity index (χ1v) is 9.10. The third kappa shape index (κ3) is 3.90. The van der Waals surface area contributed by atoms with Crippen molar-refractivity contribution in [2.75, 3.05) is 12.3 Å². The Balaban J connectivity index is 2.33. The summed E-state index contributed by atoms with van der Waals surface area (Å²) in [5.41, 5.74) is 0.629. The van der Waals surface area contributed by atoms with Gasteiger partial charge in [0.25, 0.3) is 0 Å². The van der Waals surface area contributed by atoms with Crippen LogP contribution in [0.2, 0.25) is 0 Å². The predicted octanol–water partition coefficient (Wildman–Crippen LogP) is 2.60. The first kappa shape index (κ1) is 16.1. The molecule has 1 aliphatic rings. The maximum atomic E-state index is 12.5. The molecule has 0 spiro atoms. The van der Waals surface area contributed by atoms with Crippen LogP contribution in [0.15, 0.2) is 40.5 Å². The molecule has 0 unspecified atom stereocenters. The second kappa shape index (κ2) is 6.67. The molecule has 1 aromatic carbocycles. The number of nitrogens with zero attached hydrogens (tertiary/aromatic N) is 2. The first-order chi connectivity index (χ1) is 9.92. The number of sulfonamides is 1. The van der Waals surface area contributed by atoms with E-state index in [0.717, 1.165) is 16.1 Å². The number of rotatable bonds is 4. The van der Waals surface area contributed by atoms with Gasteiger partial charge in [-0.3, -0.25) is 14.4 Å². The van der Waals surface area contributed by atoms with Crippen LogP contribution in [0.4, 0.5) is 0 Å². The summed E-state index contributed by atoms with van der Waals surface area (Å²) >= 11 is 6.75. The van der Waals surface area contributed by atoms with E-state index >= 15 is 0 Å². The lowest BCUT2D eigenvalue weighted by Gasteiger charge is -2.28. The van der Waals surface area contributed by atoms with Gasteiger partial charge in [-0.2, -0.15) is 0 Å². The van der Waals surface area contributed by atoms with Crippen LogP contribution in [-0.4, -0.2) is 29.9 Å². The van der Waals surface area contributed by atoms with Crippen LogP contribution in [-0.2, 0) is 15.8 Å². The van der Waals surface area contributed by atoms with E-state index in [1.54, 1.807) is 30.3 Å². The van der Waals surface area contributed by atoms with Crippen LogP contribution >= 0.6 is 23.4 Å². The third-order valence-corrected chi connectivity index (χ3v) is 6.29. The number of thioether (sulfide) groups is 1. The van der Waals surface area contributed by atoms with Gasteiger partial charge >= 0.3 is 5.16 Å². The van der Waals surface area contributed by atoms with Crippen LogP contribution in [0.5, 0.6) is 0 Å². The van der Waals surface area contributed by atoms with Crippen molar-refractivity contribution in [3.05, 3.63) is 56.2 Å². The Labute approximate surface area is 132 Å². The topological polar surface area (TPSA) is 80.5 Å². The van der Waals surface area contributed by atoms with Crippen molar-refractivity contribution in [2.24, 2.45) is 0 Å². The molecule has 0 saturated carbocycles. The smallest absolute Gasteiger partial charge is 0.257 e. The van der Waals surface area contributed by atoms with Crippen molar-refractivity contribution in [3.63, 3.8) is 0 Å². The lowest BCUT2D eigenvalue weighted by Crippen LogP contribution is -2.35. The molecule has 1 aromatic rings. The highest BCUT2D eigenvalue weighted by Gasteiger charge is 2.33. The van der Waals surface area contributed by atoms with E-state index in [1.165, 1.54) is 0 Å². The summed E-state index contributed by atoms with van der Waals surface area (Å²) in [7, 11) is -3.70. The fraction of sp³-hybridized carbons (Fsp3) is 0.333. The summed E-state index contributed by atoms with van der Waals surface area (Å²) < 4.78 is 26.0. The summed E-state index contributed by atoms with van der Waals surface area (Å²) in [6, 6.07) is 8.69. The summed E-state index contributed by atoms with van der Waals surface area (Å²) in [5, 5.41) is 10.2. The average molecular weight is 349 g/mol. The minimum atomic E-state index is -3.70. The predicted molar refractivity (Wildman–Crippen MR) is 82.7 cm³/mol. The molecule has 1 saturated heterocycles. The van der Waals surface area contributed by atoms with E-state index in [4.69, 9.17) is 11.6 Å². The Bertz CT molecular complexity index is 661. The van der Waals surface area contributed by atoms with E-state index in [2.05, 4.69) is 0 Å². The number of halogens is 1. The van der Waals surface area contributed by atoms with Crippen molar-refractivity contribution in [2.45, 2.75) is 12.2 Å². The molecule has 0 aromatic heterocycles. The number of hydrogen-bond donors (Lipinski definition) is 0. The number of hydrogen-bond acceptors (Lipinski definition) is 5. The van der Waals surface area contributed by atoms with Gasteiger partial charge in [-0.1, -0.05) is 42.1 Å². The van der Waals surface area contributed by atoms with Gasteiger partial charge in [0.1, 0.15) is 0 Å². The minimum absolute atomic E-state index is 0.00356. The third-order valence-electron chi connectivity index (χ3n) is 2.84. The number of benzene rings is 1. The van der Waals surface area contributed by atoms with E-state index in [-0.39, 0.29) is 17.3 Å². The van der Waals surface area contributed by atoms with Crippen molar-refractivity contribution in [1.82, 2.24) is 4.31 Å². The zero-order valence-corrected chi connectivity index (χ0v) is 13.3. The maximum Gasteiger partial charge on any atom is 0.368 e. The Hall–Kier alpha value is -1.25. The van der Waals surface area contributed by atoms with Gasteiger partial charge in [-0.25, -0.2) is 8.42 Å². The van der Waals surface area contributed by atoms with Crippen LogP contribution in [0, 0.1) is 10.1 Å². The lowest BCUT2D eigenvalue weighted by atomic mass is 10.2. The van der Waals surface area contributed by atoms with Crippen LogP contribution < -0.4 is 0 Å². The fourth-order valence-corrected chi connectivity index (χ4v) is 5.15. The van der Waals surface area contributed by atoms with Crippen molar-refractivity contribution in [3.8, 4) is 0 Å². The molecular weight excluding hydrogens is 336 g/mol. The molecule has 9 heteroatoms. The summed E-state index contributed by atoms with van der Waals surface area (Å²) in [6.45, 7) is 0.210. The second-order valence-corrected chi connectivity index (χ2v) is 7.70. The molecule has 0 aliphatic carbocycles. The van der Waals surface area contributed by atoms with Crippen molar-refractivity contribution >= 4 is 33.4 Å². The van der Waals surface area contributed by atoms with Crippen LogP contribution in [0.1, 0.15) is 12.0 Å². The molecule has 0 radical (unpaired) electrons. The van der Waals surface area contributed by atoms with E-state index in [1.807, 2.05) is 0 Å². The lowest BCUT2D eigenvalue weighted by molar-refractivity contribution is -0.413. The van der Waals surface area contributed by atoms with E-state index in [0.29, 0.717) is 17.7 Å². The van der Waals surface area contributed by atoms with Gasteiger partial charge in [-0.15, -0.1) is 0 Å².